The van der Waals surface area contributed by atoms with Gasteiger partial charge in [-0.05, 0) is 37.1 Å². The van der Waals surface area contributed by atoms with Crippen LogP contribution in [0.5, 0.6) is 0 Å². The molecule has 2 fully saturated rings. The van der Waals surface area contributed by atoms with Crippen molar-refractivity contribution in [1.29, 1.82) is 0 Å². The predicted molar refractivity (Wildman–Crippen MR) is 105 cm³/mol. The van der Waals surface area contributed by atoms with Crippen LogP contribution in [-0.4, -0.2) is 68.4 Å². The van der Waals surface area contributed by atoms with Crippen molar-refractivity contribution >= 4 is 39.9 Å². The van der Waals surface area contributed by atoms with Crippen LogP contribution < -0.4 is 0 Å². The maximum Gasteiger partial charge on any atom is 0.356 e. The molecule has 1 N–H and O–H groups in total. The lowest BCUT2D eigenvalue weighted by Crippen LogP contribution is -2.49. The van der Waals surface area contributed by atoms with Gasteiger partial charge in [0.1, 0.15) is 6.33 Å². The van der Waals surface area contributed by atoms with Crippen molar-refractivity contribution in [3.8, 4) is 0 Å². The van der Waals surface area contributed by atoms with Gasteiger partial charge in [-0.3, -0.25) is 14.1 Å². The molecule has 1 aliphatic heterocycles. The Morgan fingerprint density at radius 3 is 2.50 bits per heavy atom. The number of amides is 1. The number of nitrogens with zero attached hydrogens (tertiary/aromatic N) is 4. The SMILES string of the molecule is O=C(O)c1ncn2c1cc(C(=O)N1CCN(C3CC3)CC1)c1cc(Cl)ccc12. The van der Waals surface area contributed by atoms with E-state index in [1.807, 2.05) is 4.90 Å². The van der Waals surface area contributed by atoms with Gasteiger partial charge in [-0.1, -0.05) is 11.6 Å². The molecule has 1 saturated heterocycles. The summed E-state index contributed by atoms with van der Waals surface area (Å²) in [4.78, 5) is 33.2. The average molecular weight is 399 g/mol. The summed E-state index contributed by atoms with van der Waals surface area (Å²) in [6.07, 6.45) is 3.98. The van der Waals surface area contributed by atoms with Crippen LogP contribution in [0, 0.1) is 0 Å². The molecule has 144 valence electrons. The van der Waals surface area contributed by atoms with Crippen molar-refractivity contribution in [3.05, 3.63) is 46.9 Å². The number of piperazine rings is 1. The molecule has 28 heavy (non-hydrogen) atoms. The zero-order valence-electron chi connectivity index (χ0n) is 15.1. The predicted octanol–water partition coefficient (Wildman–Crippen LogP) is 2.76. The van der Waals surface area contributed by atoms with Gasteiger partial charge in [0, 0.05) is 42.6 Å². The van der Waals surface area contributed by atoms with E-state index >= 15 is 0 Å². The highest BCUT2D eigenvalue weighted by atomic mass is 35.5. The Labute approximate surface area is 166 Å². The lowest BCUT2D eigenvalue weighted by atomic mass is 10.1. The number of fused-ring (bicyclic) bond motifs is 3. The van der Waals surface area contributed by atoms with Crippen LogP contribution in [0.25, 0.3) is 16.4 Å². The van der Waals surface area contributed by atoms with Gasteiger partial charge in [0.2, 0.25) is 0 Å². The minimum absolute atomic E-state index is 0.0653. The second-order valence-electron chi connectivity index (χ2n) is 7.43. The summed E-state index contributed by atoms with van der Waals surface area (Å²) in [5, 5.41) is 10.7. The number of carbonyl (C=O) groups excluding carboxylic acids is 1. The van der Waals surface area contributed by atoms with Crippen LogP contribution >= 0.6 is 11.6 Å². The summed E-state index contributed by atoms with van der Waals surface area (Å²) >= 11 is 6.20. The molecule has 0 bridgehead atoms. The third-order valence-electron chi connectivity index (χ3n) is 5.69. The number of halogens is 1. The third-order valence-corrected chi connectivity index (χ3v) is 5.93. The van der Waals surface area contributed by atoms with Gasteiger partial charge in [0.25, 0.3) is 5.91 Å². The third kappa shape index (κ3) is 2.82. The second-order valence-corrected chi connectivity index (χ2v) is 7.87. The van der Waals surface area contributed by atoms with Crippen LogP contribution in [0.2, 0.25) is 5.02 Å². The van der Waals surface area contributed by atoms with Crippen molar-refractivity contribution < 1.29 is 14.7 Å². The maximum atomic E-state index is 13.4. The smallest absolute Gasteiger partial charge is 0.356 e. The van der Waals surface area contributed by atoms with E-state index in [0.717, 1.165) is 13.1 Å². The molecule has 5 rings (SSSR count). The van der Waals surface area contributed by atoms with Crippen molar-refractivity contribution in [2.45, 2.75) is 18.9 Å². The molecule has 1 aliphatic carbocycles. The Bertz CT molecular complexity index is 1110. The summed E-state index contributed by atoms with van der Waals surface area (Å²) in [7, 11) is 0. The van der Waals surface area contributed by atoms with Crippen molar-refractivity contribution in [3.63, 3.8) is 0 Å². The van der Waals surface area contributed by atoms with Crippen molar-refractivity contribution in [2.24, 2.45) is 0 Å². The van der Waals surface area contributed by atoms with Crippen LogP contribution in [0.15, 0.2) is 30.6 Å². The van der Waals surface area contributed by atoms with Crippen molar-refractivity contribution in [1.82, 2.24) is 19.2 Å². The minimum Gasteiger partial charge on any atom is -0.476 e. The maximum absolute atomic E-state index is 13.4. The number of benzene rings is 1. The lowest BCUT2D eigenvalue weighted by molar-refractivity contribution is 0.0627. The van der Waals surface area contributed by atoms with E-state index in [1.54, 1.807) is 28.7 Å². The first kappa shape index (κ1) is 17.5. The van der Waals surface area contributed by atoms with Gasteiger partial charge < -0.3 is 10.0 Å². The monoisotopic (exact) mass is 398 g/mol. The zero-order chi connectivity index (χ0) is 19.4. The van der Waals surface area contributed by atoms with Crippen LogP contribution in [0.4, 0.5) is 0 Å². The molecular formula is C20H19ClN4O3. The molecule has 2 aliphatic rings. The fraction of sp³-hybridized carbons (Fsp3) is 0.350. The lowest BCUT2D eigenvalue weighted by Gasteiger charge is -2.35. The number of aromatic nitrogens is 2. The fourth-order valence-electron chi connectivity index (χ4n) is 4.08. The molecule has 0 spiro atoms. The van der Waals surface area contributed by atoms with E-state index in [2.05, 4.69) is 9.88 Å². The quantitative estimate of drug-likeness (QED) is 0.734. The highest BCUT2D eigenvalue weighted by molar-refractivity contribution is 6.31. The topological polar surface area (TPSA) is 78.1 Å². The minimum atomic E-state index is -1.12. The zero-order valence-corrected chi connectivity index (χ0v) is 15.9. The van der Waals surface area contributed by atoms with Gasteiger partial charge in [-0.25, -0.2) is 9.78 Å². The molecule has 1 saturated carbocycles. The molecule has 1 amide bonds. The normalized spacial score (nSPS) is 18.1. The van der Waals surface area contributed by atoms with Crippen LogP contribution in [0.1, 0.15) is 33.7 Å². The summed E-state index contributed by atoms with van der Waals surface area (Å²) in [6.45, 7) is 3.11. The molecule has 3 aromatic rings. The van der Waals surface area contributed by atoms with Crippen LogP contribution in [-0.2, 0) is 0 Å². The fourth-order valence-corrected chi connectivity index (χ4v) is 4.25. The standard InChI is InChI=1S/C20H19ClN4O3/c21-12-1-4-16-14(9-12)15(10-17-18(20(27)28)22-11-25(16)17)19(26)24-7-5-23(6-8-24)13-2-3-13/h1,4,9-11,13H,2-3,5-8H2,(H,27,28). The number of aromatic carboxylic acids is 1. The number of imidazole rings is 1. The first-order chi connectivity index (χ1) is 13.5. The summed E-state index contributed by atoms with van der Waals surface area (Å²) in [6, 6.07) is 7.60. The first-order valence-corrected chi connectivity index (χ1v) is 9.76. The van der Waals surface area contributed by atoms with E-state index in [0.29, 0.717) is 46.1 Å². The largest absolute Gasteiger partial charge is 0.476 e. The molecule has 7 nitrogen and oxygen atoms in total. The Morgan fingerprint density at radius 1 is 1.07 bits per heavy atom. The molecule has 8 heteroatoms. The number of hydrogen-bond acceptors (Lipinski definition) is 4. The molecule has 0 atom stereocenters. The van der Waals surface area contributed by atoms with E-state index < -0.39 is 5.97 Å². The molecule has 3 heterocycles. The van der Waals surface area contributed by atoms with Gasteiger partial charge in [-0.15, -0.1) is 0 Å². The van der Waals surface area contributed by atoms with E-state index in [-0.39, 0.29) is 11.6 Å². The Kier molecular flexibility index (Phi) is 4.03. The van der Waals surface area contributed by atoms with Gasteiger partial charge in [-0.2, -0.15) is 0 Å². The van der Waals surface area contributed by atoms with Crippen molar-refractivity contribution in [2.75, 3.05) is 26.2 Å². The average Bonchev–Trinajstić information content (AvgIpc) is 3.45. The Morgan fingerprint density at radius 2 is 1.82 bits per heavy atom. The molecule has 0 unspecified atom stereocenters. The summed E-state index contributed by atoms with van der Waals surface area (Å²) < 4.78 is 1.69. The number of rotatable bonds is 3. The number of hydrogen-bond donors (Lipinski definition) is 1. The molecular weight excluding hydrogens is 380 g/mol. The summed E-state index contributed by atoms with van der Waals surface area (Å²) in [5.41, 5.74) is 1.52. The van der Waals surface area contributed by atoms with E-state index in [1.165, 1.54) is 19.2 Å². The van der Waals surface area contributed by atoms with E-state index in [9.17, 15) is 14.7 Å². The Balaban J connectivity index is 1.60. The van der Waals surface area contributed by atoms with Gasteiger partial charge in [0.15, 0.2) is 5.69 Å². The number of pyridine rings is 1. The number of carboxylic acids is 1. The molecule has 2 aromatic heterocycles. The van der Waals surface area contributed by atoms with Gasteiger partial charge >= 0.3 is 5.97 Å². The van der Waals surface area contributed by atoms with Gasteiger partial charge in [0.05, 0.1) is 16.6 Å². The highest BCUT2D eigenvalue weighted by Crippen LogP contribution is 2.30. The van der Waals surface area contributed by atoms with Crippen LogP contribution in [0.3, 0.4) is 0 Å². The molecule has 0 radical (unpaired) electrons. The number of carboxylic acid groups (broad SMARTS) is 1. The first-order valence-electron chi connectivity index (χ1n) is 9.39. The summed E-state index contributed by atoms with van der Waals surface area (Å²) in [5.74, 6) is -1.21. The number of carbonyl (C=O) groups is 2. The molecule has 1 aromatic carbocycles. The Hall–Kier alpha value is -2.64. The van der Waals surface area contributed by atoms with E-state index in [4.69, 9.17) is 11.6 Å². The highest BCUT2D eigenvalue weighted by Gasteiger charge is 2.33. The second kappa shape index (κ2) is 6.46.